The summed E-state index contributed by atoms with van der Waals surface area (Å²) in [5, 5.41) is 0.695. The highest BCUT2D eigenvalue weighted by molar-refractivity contribution is 6.30. The molecule has 0 saturated carbocycles. The molecule has 1 fully saturated rings. The van der Waals surface area contributed by atoms with Gasteiger partial charge in [-0.3, -0.25) is 4.79 Å². The largest absolute Gasteiger partial charge is 0.493 e. The van der Waals surface area contributed by atoms with Gasteiger partial charge in [0.15, 0.2) is 11.5 Å². The molecule has 1 aliphatic rings. The highest BCUT2D eigenvalue weighted by Crippen LogP contribution is 2.37. The maximum absolute atomic E-state index is 12.8. The van der Waals surface area contributed by atoms with Crippen molar-refractivity contribution in [3.05, 3.63) is 52.5 Å². The number of aryl methyl sites for hydroxylation is 1. The minimum absolute atomic E-state index is 0.0849. The fourth-order valence-corrected chi connectivity index (χ4v) is 4.02. The summed E-state index contributed by atoms with van der Waals surface area (Å²) < 4.78 is 16.5. The highest BCUT2D eigenvalue weighted by atomic mass is 35.5. The second-order valence-corrected chi connectivity index (χ2v) is 7.66. The van der Waals surface area contributed by atoms with Crippen molar-refractivity contribution in [1.82, 2.24) is 4.90 Å². The van der Waals surface area contributed by atoms with Crippen LogP contribution in [-0.2, 0) is 4.79 Å². The lowest BCUT2D eigenvalue weighted by atomic mass is 10.0. The van der Waals surface area contributed by atoms with Gasteiger partial charge in [0.2, 0.25) is 5.91 Å². The van der Waals surface area contributed by atoms with Gasteiger partial charge >= 0.3 is 0 Å². The summed E-state index contributed by atoms with van der Waals surface area (Å²) in [5.74, 6) is 2.36. The number of hydrogen-bond donors (Lipinski definition) is 0. The van der Waals surface area contributed by atoms with E-state index >= 15 is 0 Å². The molecule has 6 heteroatoms. The van der Waals surface area contributed by atoms with E-state index in [-0.39, 0.29) is 11.9 Å². The number of hydrogen-bond acceptors (Lipinski definition) is 4. The molecule has 1 saturated heterocycles. The first-order valence-corrected chi connectivity index (χ1v) is 10.3. The molecule has 0 unspecified atom stereocenters. The van der Waals surface area contributed by atoms with Crippen molar-refractivity contribution in [3.8, 4) is 17.2 Å². The highest BCUT2D eigenvalue weighted by Gasteiger charge is 2.30. The molecule has 0 bridgehead atoms. The minimum Gasteiger partial charge on any atom is -0.493 e. The molecule has 29 heavy (non-hydrogen) atoms. The van der Waals surface area contributed by atoms with Gasteiger partial charge in [0.05, 0.1) is 26.9 Å². The molecule has 0 spiro atoms. The summed E-state index contributed by atoms with van der Waals surface area (Å²) in [6, 6.07) is 11.5. The second kappa shape index (κ2) is 9.88. The fraction of sp³-hybridized carbons (Fsp3) is 0.435. The minimum atomic E-state index is 0.0849. The lowest BCUT2D eigenvalue weighted by Gasteiger charge is -2.26. The first-order chi connectivity index (χ1) is 14.0. The third-order valence-corrected chi connectivity index (χ3v) is 5.53. The second-order valence-electron chi connectivity index (χ2n) is 7.22. The van der Waals surface area contributed by atoms with Crippen molar-refractivity contribution >= 4 is 17.5 Å². The van der Waals surface area contributed by atoms with Gasteiger partial charge in [-0.15, -0.1) is 0 Å². The number of rotatable bonds is 8. The number of benzene rings is 2. The standard InChI is InChI=1S/C23H28ClNO4/c1-16-14-18(24)9-11-20(16)29-13-5-7-23(26)25-12-4-6-19(25)17-8-10-21(27-2)22(15-17)28-3/h8-11,14-15,19H,4-7,12-13H2,1-3H3/t19-/m0/s1. The smallest absolute Gasteiger partial charge is 0.223 e. The van der Waals surface area contributed by atoms with Gasteiger partial charge in [0, 0.05) is 18.0 Å². The first-order valence-electron chi connectivity index (χ1n) is 9.94. The number of amides is 1. The van der Waals surface area contributed by atoms with E-state index in [4.69, 9.17) is 25.8 Å². The van der Waals surface area contributed by atoms with Gasteiger partial charge in [-0.25, -0.2) is 0 Å². The molecular weight excluding hydrogens is 390 g/mol. The van der Waals surface area contributed by atoms with Crippen molar-refractivity contribution < 1.29 is 19.0 Å². The number of carbonyl (C=O) groups excluding carboxylic acids is 1. The maximum atomic E-state index is 12.8. The number of methoxy groups -OCH3 is 2. The van der Waals surface area contributed by atoms with Gasteiger partial charge in [0.25, 0.3) is 0 Å². The Morgan fingerprint density at radius 2 is 1.86 bits per heavy atom. The third-order valence-electron chi connectivity index (χ3n) is 5.30. The van der Waals surface area contributed by atoms with Crippen molar-refractivity contribution in [3.63, 3.8) is 0 Å². The molecule has 2 aromatic carbocycles. The summed E-state index contributed by atoms with van der Waals surface area (Å²) in [6.45, 7) is 3.25. The van der Waals surface area contributed by atoms with Crippen LogP contribution < -0.4 is 14.2 Å². The molecule has 0 radical (unpaired) electrons. The Kier molecular flexibility index (Phi) is 7.26. The van der Waals surface area contributed by atoms with E-state index < -0.39 is 0 Å². The van der Waals surface area contributed by atoms with Crippen LogP contribution in [0.15, 0.2) is 36.4 Å². The summed E-state index contributed by atoms with van der Waals surface area (Å²) >= 11 is 5.97. The van der Waals surface area contributed by atoms with E-state index in [0.29, 0.717) is 36.0 Å². The van der Waals surface area contributed by atoms with Crippen LogP contribution in [0.4, 0.5) is 0 Å². The summed E-state index contributed by atoms with van der Waals surface area (Å²) in [7, 11) is 3.25. The van der Waals surface area contributed by atoms with Gasteiger partial charge in [-0.05, 0) is 67.6 Å². The Morgan fingerprint density at radius 1 is 1.10 bits per heavy atom. The van der Waals surface area contributed by atoms with E-state index in [0.717, 1.165) is 36.3 Å². The van der Waals surface area contributed by atoms with Crippen LogP contribution in [0.25, 0.3) is 0 Å². The zero-order chi connectivity index (χ0) is 20.8. The van der Waals surface area contributed by atoms with E-state index in [1.165, 1.54) is 0 Å². The van der Waals surface area contributed by atoms with Crippen molar-refractivity contribution in [1.29, 1.82) is 0 Å². The van der Waals surface area contributed by atoms with Crippen LogP contribution in [-0.4, -0.2) is 38.2 Å². The molecule has 2 aromatic rings. The van der Waals surface area contributed by atoms with Crippen LogP contribution in [0.2, 0.25) is 5.02 Å². The summed E-state index contributed by atoms with van der Waals surface area (Å²) in [5.41, 5.74) is 2.08. The van der Waals surface area contributed by atoms with Gasteiger partial charge in [-0.2, -0.15) is 0 Å². The molecule has 0 N–H and O–H groups in total. The normalized spacial score (nSPS) is 16.0. The van der Waals surface area contributed by atoms with Crippen LogP contribution in [0.3, 0.4) is 0 Å². The van der Waals surface area contributed by atoms with E-state index in [1.807, 2.05) is 48.2 Å². The Balaban J connectivity index is 1.56. The van der Waals surface area contributed by atoms with Crippen LogP contribution in [0.5, 0.6) is 17.2 Å². The lowest BCUT2D eigenvalue weighted by molar-refractivity contribution is -0.132. The molecule has 1 heterocycles. The van der Waals surface area contributed by atoms with Crippen LogP contribution >= 0.6 is 11.6 Å². The molecule has 3 rings (SSSR count). The number of halogens is 1. The van der Waals surface area contributed by atoms with Gasteiger partial charge in [0.1, 0.15) is 5.75 Å². The van der Waals surface area contributed by atoms with Crippen molar-refractivity contribution in [2.75, 3.05) is 27.4 Å². The molecular formula is C23H28ClNO4. The average molecular weight is 418 g/mol. The third kappa shape index (κ3) is 5.15. The summed E-state index contributed by atoms with van der Waals surface area (Å²) in [6.07, 6.45) is 3.11. The Labute approximate surface area is 177 Å². The van der Waals surface area contributed by atoms with Crippen molar-refractivity contribution in [2.24, 2.45) is 0 Å². The molecule has 0 aromatic heterocycles. The molecule has 0 aliphatic carbocycles. The molecule has 1 aliphatic heterocycles. The Morgan fingerprint density at radius 3 is 2.59 bits per heavy atom. The van der Waals surface area contributed by atoms with E-state index in [9.17, 15) is 4.79 Å². The number of nitrogens with zero attached hydrogens (tertiary/aromatic N) is 1. The fourth-order valence-electron chi connectivity index (χ4n) is 3.80. The Hall–Kier alpha value is -2.40. The number of likely N-dealkylation sites (tertiary alicyclic amines) is 1. The SMILES string of the molecule is COc1ccc([C@@H]2CCCN2C(=O)CCCOc2ccc(Cl)cc2C)cc1OC. The quantitative estimate of drug-likeness (QED) is 0.554. The summed E-state index contributed by atoms with van der Waals surface area (Å²) in [4.78, 5) is 14.8. The maximum Gasteiger partial charge on any atom is 0.223 e. The molecule has 5 nitrogen and oxygen atoms in total. The molecule has 156 valence electrons. The van der Waals surface area contributed by atoms with E-state index in [1.54, 1.807) is 14.2 Å². The topological polar surface area (TPSA) is 48.0 Å². The zero-order valence-corrected chi connectivity index (χ0v) is 18.0. The number of ether oxygens (including phenoxy) is 3. The van der Waals surface area contributed by atoms with Crippen LogP contribution in [0, 0.1) is 6.92 Å². The molecule has 1 atom stereocenters. The average Bonchev–Trinajstić information content (AvgIpc) is 3.21. The predicted molar refractivity (Wildman–Crippen MR) is 114 cm³/mol. The van der Waals surface area contributed by atoms with Gasteiger partial charge < -0.3 is 19.1 Å². The first kappa shape index (κ1) is 21.3. The van der Waals surface area contributed by atoms with Gasteiger partial charge in [-0.1, -0.05) is 17.7 Å². The molecule has 1 amide bonds. The Bertz CT molecular complexity index is 855. The van der Waals surface area contributed by atoms with Crippen LogP contribution in [0.1, 0.15) is 42.9 Å². The van der Waals surface area contributed by atoms with E-state index in [2.05, 4.69) is 0 Å². The van der Waals surface area contributed by atoms with Crippen molar-refractivity contribution in [2.45, 2.75) is 38.6 Å². The monoisotopic (exact) mass is 417 g/mol. The predicted octanol–water partition coefficient (Wildman–Crippen LogP) is 5.19. The lowest BCUT2D eigenvalue weighted by Crippen LogP contribution is -2.30. The number of carbonyl (C=O) groups is 1. The zero-order valence-electron chi connectivity index (χ0n) is 17.2.